The molecular weight excluding hydrogens is 207 g/mol. The molecule has 0 aliphatic rings. The van der Waals surface area contributed by atoms with Crippen LogP contribution in [-0.2, 0) is 13.9 Å². The van der Waals surface area contributed by atoms with Gasteiger partial charge in [-0.05, 0) is 19.8 Å². The number of hydrogen-bond acceptors (Lipinski definition) is 3. The van der Waals surface area contributed by atoms with Crippen LogP contribution in [0.15, 0.2) is 11.1 Å². The van der Waals surface area contributed by atoms with Crippen molar-refractivity contribution in [2.45, 2.75) is 27.7 Å². The van der Waals surface area contributed by atoms with Gasteiger partial charge in [-0.15, -0.1) is 0 Å². The molecule has 6 heteroatoms. The summed E-state index contributed by atoms with van der Waals surface area (Å²) in [5, 5.41) is 0. The fourth-order valence-corrected chi connectivity index (χ4v) is 1.12. The lowest BCUT2D eigenvalue weighted by molar-refractivity contribution is -0.131. The van der Waals surface area contributed by atoms with E-state index in [0.29, 0.717) is 0 Å². The molecule has 5 nitrogen and oxygen atoms in total. The van der Waals surface area contributed by atoms with Crippen LogP contribution in [0.5, 0.6) is 0 Å². The fraction of sp³-hybridized carbons (Fsp3) is 0.625. The average Bonchev–Trinajstić information content (AvgIpc) is 1.98. The molecule has 0 saturated heterocycles. The SMILES string of the molecule is C/C(C(=O)OP(=O)(O)O)=C(/C)C(C)C. The Labute approximate surface area is 83.0 Å². The quantitative estimate of drug-likeness (QED) is 0.559. The minimum Gasteiger partial charge on any atom is -0.367 e. The standard InChI is InChI=1S/C8H15O5P/c1-5(2)6(3)7(4)8(9)13-14(10,11)12/h5H,1-4H3,(H2,10,11,12)/b7-6+. The van der Waals surface area contributed by atoms with Crippen LogP contribution in [-0.4, -0.2) is 15.8 Å². The van der Waals surface area contributed by atoms with Crippen LogP contribution in [0.1, 0.15) is 27.7 Å². The normalized spacial score (nSPS) is 13.9. The van der Waals surface area contributed by atoms with Crippen molar-refractivity contribution >= 4 is 13.8 Å². The highest BCUT2D eigenvalue weighted by Gasteiger charge is 2.22. The van der Waals surface area contributed by atoms with Crippen molar-refractivity contribution in [3.8, 4) is 0 Å². The van der Waals surface area contributed by atoms with E-state index < -0.39 is 13.8 Å². The van der Waals surface area contributed by atoms with Gasteiger partial charge in [0.1, 0.15) is 0 Å². The molecule has 0 spiro atoms. The predicted molar refractivity (Wildman–Crippen MR) is 51.3 cm³/mol. The Hall–Kier alpha value is -0.640. The first-order valence-electron chi connectivity index (χ1n) is 4.12. The molecular formula is C8H15O5P. The zero-order valence-corrected chi connectivity index (χ0v) is 9.54. The summed E-state index contributed by atoms with van der Waals surface area (Å²) in [6, 6.07) is 0. The molecule has 0 rings (SSSR count). The van der Waals surface area contributed by atoms with Crippen LogP contribution >= 0.6 is 7.82 Å². The van der Waals surface area contributed by atoms with Crippen LogP contribution < -0.4 is 0 Å². The van der Waals surface area contributed by atoms with Gasteiger partial charge in [-0.2, -0.15) is 0 Å². The average molecular weight is 222 g/mol. The van der Waals surface area contributed by atoms with E-state index in [1.54, 1.807) is 6.92 Å². The van der Waals surface area contributed by atoms with E-state index in [2.05, 4.69) is 4.52 Å². The molecule has 0 bridgehead atoms. The van der Waals surface area contributed by atoms with E-state index >= 15 is 0 Å². The van der Waals surface area contributed by atoms with Gasteiger partial charge in [0.05, 0.1) is 0 Å². The van der Waals surface area contributed by atoms with Gasteiger partial charge in [0.15, 0.2) is 0 Å². The molecule has 0 atom stereocenters. The van der Waals surface area contributed by atoms with E-state index in [4.69, 9.17) is 9.79 Å². The molecule has 0 aromatic carbocycles. The first-order valence-corrected chi connectivity index (χ1v) is 5.65. The molecule has 2 N–H and O–H groups in total. The first-order chi connectivity index (χ1) is 6.15. The Kier molecular flexibility index (Phi) is 4.52. The second-order valence-corrected chi connectivity index (χ2v) is 4.50. The molecule has 0 aliphatic carbocycles. The Morgan fingerprint density at radius 1 is 1.29 bits per heavy atom. The van der Waals surface area contributed by atoms with Gasteiger partial charge in [-0.25, -0.2) is 9.36 Å². The summed E-state index contributed by atoms with van der Waals surface area (Å²) in [6.07, 6.45) is 0. The molecule has 14 heavy (non-hydrogen) atoms. The Morgan fingerprint density at radius 2 is 1.71 bits per heavy atom. The molecule has 0 unspecified atom stereocenters. The Balaban J connectivity index is 4.72. The summed E-state index contributed by atoms with van der Waals surface area (Å²) in [7, 11) is -4.73. The molecule has 82 valence electrons. The minimum atomic E-state index is -4.73. The van der Waals surface area contributed by atoms with Crippen molar-refractivity contribution in [1.29, 1.82) is 0 Å². The van der Waals surface area contributed by atoms with Crippen molar-refractivity contribution in [3.63, 3.8) is 0 Å². The lowest BCUT2D eigenvalue weighted by atomic mass is 10.0. The van der Waals surface area contributed by atoms with E-state index in [1.807, 2.05) is 13.8 Å². The number of allylic oxidation sites excluding steroid dienone is 1. The molecule has 0 aromatic heterocycles. The summed E-state index contributed by atoms with van der Waals surface area (Å²) in [6.45, 7) is 6.96. The van der Waals surface area contributed by atoms with Gasteiger partial charge < -0.3 is 4.52 Å². The summed E-state index contributed by atoms with van der Waals surface area (Å²) in [5.41, 5.74) is 0.992. The largest absolute Gasteiger partial charge is 0.527 e. The molecule has 0 aliphatic heterocycles. The lowest BCUT2D eigenvalue weighted by Crippen LogP contribution is -2.07. The zero-order chi connectivity index (χ0) is 11.5. The third-order valence-corrected chi connectivity index (χ3v) is 2.37. The summed E-state index contributed by atoms with van der Waals surface area (Å²) >= 11 is 0. The number of phosphoric ester groups is 1. The number of phosphoric acid groups is 1. The topological polar surface area (TPSA) is 83.8 Å². The maximum atomic E-state index is 11.1. The lowest BCUT2D eigenvalue weighted by Gasteiger charge is -2.10. The van der Waals surface area contributed by atoms with E-state index in [9.17, 15) is 9.36 Å². The number of rotatable bonds is 3. The molecule has 0 fully saturated rings. The predicted octanol–water partition coefficient (Wildman–Crippen LogP) is 1.61. The Bertz CT molecular complexity index is 299. The van der Waals surface area contributed by atoms with E-state index in [0.717, 1.165) is 5.57 Å². The number of carbonyl (C=O) groups excluding carboxylic acids is 1. The molecule has 0 heterocycles. The maximum Gasteiger partial charge on any atom is 0.527 e. The van der Waals surface area contributed by atoms with E-state index in [-0.39, 0.29) is 11.5 Å². The second-order valence-electron chi connectivity index (χ2n) is 3.33. The highest BCUT2D eigenvalue weighted by molar-refractivity contribution is 7.46. The number of hydrogen-bond donors (Lipinski definition) is 2. The number of carbonyl (C=O) groups is 1. The van der Waals surface area contributed by atoms with Gasteiger partial charge in [-0.1, -0.05) is 19.4 Å². The van der Waals surface area contributed by atoms with Crippen molar-refractivity contribution in [1.82, 2.24) is 0 Å². The fourth-order valence-electron chi connectivity index (χ4n) is 0.770. The highest BCUT2D eigenvalue weighted by Crippen LogP contribution is 2.37. The van der Waals surface area contributed by atoms with Crippen molar-refractivity contribution in [2.24, 2.45) is 5.92 Å². The smallest absolute Gasteiger partial charge is 0.367 e. The van der Waals surface area contributed by atoms with Crippen LogP contribution in [0.2, 0.25) is 0 Å². The highest BCUT2D eigenvalue weighted by atomic mass is 31.2. The maximum absolute atomic E-state index is 11.1. The van der Waals surface area contributed by atoms with E-state index in [1.165, 1.54) is 6.92 Å². The summed E-state index contributed by atoms with van der Waals surface area (Å²) < 4.78 is 14.3. The van der Waals surface area contributed by atoms with Crippen LogP contribution in [0, 0.1) is 5.92 Å². The Morgan fingerprint density at radius 3 is 2.00 bits per heavy atom. The van der Waals surface area contributed by atoms with Gasteiger partial charge >= 0.3 is 13.8 Å². The summed E-state index contributed by atoms with van der Waals surface area (Å²) in [4.78, 5) is 27.9. The first kappa shape index (κ1) is 13.4. The van der Waals surface area contributed by atoms with Crippen molar-refractivity contribution in [3.05, 3.63) is 11.1 Å². The zero-order valence-electron chi connectivity index (χ0n) is 8.64. The van der Waals surface area contributed by atoms with Crippen LogP contribution in [0.4, 0.5) is 0 Å². The summed E-state index contributed by atoms with van der Waals surface area (Å²) in [5.74, 6) is -0.830. The molecule has 0 amide bonds. The third kappa shape index (κ3) is 4.56. The molecule has 0 radical (unpaired) electrons. The van der Waals surface area contributed by atoms with Crippen LogP contribution in [0.25, 0.3) is 0 Å². The van der Waals surface area contributed by atoms with Gasteiger partial charge in [-0.3, -0.25) is 9.79 Å². The van der Waals surface area contributed by atoms with Gasteiger partial charge in [0.2, 0.25) is 0 Å². The van der Waals surface area contributed by atoms with Gasteiger partial charge in [0, 0.05) is 5.57 Å². The third-order valence-electron chi connectivity index (χ3n) is 1.97. The van der Waals surface area contributed by atoms with Crippen molar-refractivity contribution in [2.75, 3.05) is 0 Å². The minimum absolute atomic E-state index is 0.138. The molecule has 0 saturated carbocycles. The second kappa shape index (κ2) is 4.73. The van der Waals surface area contributed by atoms with Crippen LogP contribution in [0.3, 0.4) is 0 Å². The van der Waals surface area contributed by atoms with Crippen molar-refractivity contribution < 1.29 is 23.7 Å². The monoisotopic (exact) mass is 222 g/mol. The molecule has 0 aromatic rings. The van der Waals surface area contributed by atoms with Gasteiger partial charge in [0.25, 0.3) is 0 Å².